The number of ether oxygens (including phenoxy) is 1. The molecular formula is C23H40F4N4O. The minimum atomic E-state index is -4.08. The van der Waals surface area contributed by atoms with Gasteiger partial charge < -0.3 is 4.74 Å². The number of rotatable bonds is 6. The summed E-state index contributed by atoms with van der Waals surface area (Å²) >= 11 is 0. The van der Waals surface area contributed by atoms with Gasteiger partial charge in [0.1, 0.15) is 0 Å². The smallest absolute Gasteiger partial charge is 0.381 e. The van der Waals surface area contributed by atoms with Crippen LogP contribution in [0.2, 0.25) is 0 Å². The van der Waals surface area contributed by atoms with Crippen molar-refractivity contribution in [3.05, 3.63) is 0 Å². The van der Waals surface area contributed by atoms with E-state index in [4.69, 9.17) is 4.74 Å². The fraction of sp³-hybridized carbons (Fsp3) is 1.00. The van der Waals surface area contributed by atoms with E-state index in [2.05, 4.69) is 27.8 Å². The summed E-state index contributed by atoms with van der Waals surface area (Å²) < 4.78 is 60.3. The Morgan fingerprint density at radius 2 is 1.75 bits per heavy atom. The zero-order valence-corrected chi connectivity index (χ0v) is 19.2. The van der Waals surface area contributed by atoms with Gasteiger partial charge in [0, 0.05) is 38.5 Å². The van der Waals surface area contributed by atoms with Crippen molar-refractivity contribution in [1.29, 1.82) is 0 Å². The van der Waals surface area contributed by atoms with Crippen molar-refractivity contribution in [3.63, 3.8) is 0 Å². The Labute approximate surface area is 189 Å². The lowest BCUT2D eigenvalue weighted by Crippen LogP contribution is -2.70. The van der Waals surface area contributed by atoms with E-state index >= 15 is 4.39 Å². The molecule has 0 aromatic rings. The third-order valence-electron chi connectivity index (χ3n) is 8.22. The van der Waals surface area contributed by atoms with Crippen LogP contribution in [0, 0.1) is 17.8 Å². The van der Waals surface area contributed by atoms with Crippen LogP contribution in [0.4, 0.5) is 17.6 Å². The molecule has 0 bridgehead atoms. The van der Waals surface area contributed by atoms with E-state index in [1.807, 2.05) is 0 Å². The molecule has 3 heterocycles. The number of nitrogens with zero attached hydrogens (tertiary/aromatic N) is 1. The van der Waals surface area contributed by atoms with Gasteiger partial charge in [-0.15, -0.1) is 0 Å². The molecule has 5 atom stereocenters. The standard InChI is InChI=1S/C23H40F4N4O/c1-15(13-16-8-11-32-12-9-16)30-21-20(24)22(29-14-28-21)31-10-2-3-19(31)17-4-6-18(7-5-17)23(25,26)27/h15-22,28-30H,2-14H2,1H3. The molecule has 1 aliphatic carbocycles. The molecule has 32 heavy (non-hydrogen) atoms. The first kappa shape index (κ1) is 24.6. The molecule has 0 spiro atoms. The molecule has 5 unspecified atom stereocenters. The zero-order chi connectivity index (χ0) is 22.7. The Balaban J connectivity index is 1.31. The molecule has 0 radical (unpaired) electrons. The third kappa shape index (κ3) is 5.95. The summed E-state index contributed by atoms with van der Waals surface area (Å²) in [5, 5.41) is 10.0. The third-order valence-corrected chi connectivity index (χ3v) is 8.22. The van der Waals surface area contributed by atoms with E-state index in [0.29, 0.717) is 25.4 Å². The lowest BCUT2D eigenvalue weighted by Gasteiger charge is -2.45. The largest absolute Gasteiger partial charge is 0.391 e. The summed E-state index contributed by atoms with van der Waals surface area (Å²) in [4.78, 5) is 2.22. The van der Waals surface area contributed by atoms with Crippen molar-refractivity contribution in [2.75, 3.05) is 26.4 Å². The van der Waals surface area contributed by atoms with Crippen molar-refractivity contribution < 1.29 is 22.3 Å². The van der Waals surface area contributed by atoms with Crippen LogP contribution in [-0.2, 0) is 4.74 Å². The lowest BCUT2D eigenvalue weighted by atomic mass is 9.77. The highest BCUT2D eigenvalue weighted by atomic mass is 19.4. The molecule has 9 heteroatoms. The average Bonchev–Trinajstić information content (AvgIpc) is 3.25. The summed E-state index contributed by atoms with van der Waals surface area (Å²) in [6.45, 7) is 5.10. The normalized spacial score (nSPS) is 39.3. The van der Waals surface area contributed by atoms with Crippen LogP contribution in [-0.4, -0.2) is 68.1 Å². The minimum Gasteiger partial charge on any atom is -0.381 e. The van der Waals surface area contributed by atoms with E-state index in [1.165, 1.54) is 0 Å². The maximum atomic E-state index is 15.7. The molecule has 0 amide bonds. The summed E-state index contributed by atoms with van der Waals surface area (Å²) in [7, 11) is 0. The number of halogens is 4. The van der Waals surface area contributed by atoms with Crippen molar-refractivity contribution >= 4 is 0 Å². The van der Waals surface area contributed by atoms with Crippen molar-refractivity contribution in [2.45, 2.75) is 101 Å². The van der Waals surface area contributed by atoms with Gasteiger partial charge in [0.2, 0.25) is 0 Å². The maximum Gasteiger partial charge on any atom is 0.391 e. The highest BCUT2D eigenvalue weighted by Gasteiger charge is 2.47. The van der Waals surface area contributed by atoms with Gasteiger partial charge >= 0.3 is 6.18 Å². The molecule has 4 aliphatic rings. The van der Waals surface area contributed by atoms with Crippen molar-refractivity contribution in [3.8, 4) is 0 Å². The van der Waals surface area contributed by atoms with Gasteiger partial charge in [-0.25, -0.2) is 4.39 Å². The maximum absolute atomic E-state index is 15.7. The van der Waals surface area contributed by atoms with E-state index in [1.54, 1.807) is 0 Å². The Kier molecular flexibility index (Phi) is 8.35. The number of likely N-dealkylation sites (tertiary alicyclic amines) is 1. The van der Waals surface area contributed by atoms with Crippen LogP contribution in [0.5, 0.6) is 0 Å². The first-order valence-electron chi connectivity index (χ1n) is 12.6. The van der Waals surface area contributed by atoms with Crippen LogP contribution < -0.4 is 16.0 Å². The molecule has 0 aromatic heterocycles. The van der Waals surface area contributed by atoms with E-state index in [-0.39, 0.29) is 30.8 Å². The summed E-state index contributed by atoms with van der Waals surface area (Å²) in [5.74, 6) is -0.305. The predicted octanol–water partition coefficient (Wildman–Crippen LogP) is 3.75. The van der Waals surface area contributed by atoms with Crippen molar-refractivity contribution in [2.24, 2.45) is 17.8 Å². The zero-order valence-electron chi connectivity index (χ0n) is 19.2. The molecule has 4 rings (SSSR count). The fourth-order valence-electron chi connectivity index (χ4n) is 6.49. The molecular weight excluding hydrogens is 424 g/mol. The van der Waals surface area contributed by atoms with Gasteiger partial charge in [-0.3, -0.25) is 20.9 Å². The molecule has 4 fully saturated rings. The SMILES string of the molecule is CC(CC1CCOCC1)NC1NCNC(N2CCCC2C2CCC(C(F)(F)F)CC2)C1F. The highest BCUT2D eigenvalue weighted by Crippen LogP contribution is 2.43. The Bertz CT molecular complexity index is 581. The molecule has 186 valence electrons. The second-order valence-electron chi connectivity index (χ2n) is 10.4. The number of hydrogen-bond acceptors (Lipinski definition) is 5. The van der Waals surface area contributed by atoms with Gasteiger partial charge in [0.15, 0.2) is 6.17 Å². The van der Waals surface area contributed by atoms with Gasteiger partial charge in [0.25, 0.3) is 0 Å². The van der Waals surface area contributed by atoms with E-state index in [0.717, 1.165) is 51.9 Å². The van der Waals surface area contributed by atoms with Crippen LogP contribution in [0.15, 0.2) is 0 Å². The molecule has 3 saturated heterocycles. The second-order valence-corrected chi connectivity index (χ2v) is 10.4. The molecule has 0 aromatic carbocycles. The number of alkyl halides is 4. The monoisotopic (exact) mass is 464 g/mol. The molecule has 5 nitrogen and oxygen atoms in total. The van der Waals surface area contributed by atoms with Crippen LogP contribution in [0.25, 0.3) is 0 Å². The minimum absolute atomic E-state index is 0.179. The van der Waals surface area contributed by atoms with E-state index < -0.39 is 30.6 Å². The number of nitrogens with one attached hydrogen (secondary N) is 3. The first-order chi connectivity index (χ1) is 15.3. The van der Waals surface area contributed by atoms with Crippen LogP contribution >= 0.6 is 0 Å². The van der Waals surface area contributed by atoms with Gasteiger partial charge in [0.05, 0.1) is 18.2 Å². The molecule has 3 aliphatic heterocycles. The second kappa shape index (κ2) is 10.8. The van der Waals surface area contributed by atoms with Gasteiger partial charge in [-0.1, -0.05) is 0 Å². The van der Waals surface area contributed by atoms with Gasteiger partial charge in [-0.2, -0.15) is 13.2 Å². The lowest BCUT2D eigenvalue weighted by molar-refractivity contribution is -0.185. The van der Waals surface area contributed by atoms with Crippen LogP contribution in [0.1, 0.15) is 64.7 Å². The van der Waals surface area contributed by atoms with E-state index in [9.17, 15) is 13.2 Å². The van der Waals surface area contributed by atoms with Crippen molar-refractivity contribution in [1.82, 2.24) is 20.9 Å². The average molecular weight is 465 g/mol. The Morgan fingerprint density at radius 1 is 1.03 bits per heavy atom. The summed E-state index contributed by atoms with van der Waals surface area (Å²) in [6.07, 6.45) is 0.701. The highest BCUT2D eigenvalue weighted by molar-refractivity contribution is 4.97. The number of hydrogen-bond donors (Lipinski definition) is 3. The quantitative estimate of drug-likeness (QED) is 0.523. The fourth-order valence-corrected chi connectivity index (χ4v) is 6.49. The van der Waals surface area contributed by atoms with Gasteiger partial charge in [-0.05, 0) is 76.5 Å². The Morgan fingerprint density at radius 3 is 2.44 bits per heavy atom. The first-order valence-corrected chi connectivity index (χ1v) is 12.6. The summed E-state index contributed by atoms with van der Waals surface area (Å²) in [5.41, 5.74) is 0. The Hall–Kier alpha value is -0.480. The van der Waals surface area contributed by atoms with Crippen LogP contribution in [0.3, 0.4) is 0 Å². The molecule has 1 saturated carbocycles. The predicted molar refractivity (Wildman–Crippen MR) is 116 cm³/mol. The topological polar surface area (TPSA) is 48.6 Å². The molecule has 3 N–H and O–H groups in total. The summed E-state index contributed by atoms with van der Waals surface area (Å²) in [6, 6.07) is 0.387.